The van der Waals surface area contributed by atoms with Crippen molar-refractivity contribution in [1.29, 1.82) is 0 Å². The minimum Gasteiger partial charge on any atom is -0.352 e. The summed E-state index contributed by atoms with van der Waals surface area (Å²) in [6.07, 6.45) is 4.87. The molecule has 26 heavy (non-hydrogen) atoms. The maximum Gasteiger partial charge on any atom is 0.265 e. The molecule has 1 aliphatic rings. The summed E-state index contributed by atoms with van der Waals surface area (Å²) in [5.41, 5.74) is 1.19. The molecule has 5 nitrogen and oxygen atoms in total. The topological polar surface area (TPSA) is 61.4 Å². The number of likely N-dealkylation sites (tertiary alicyclic amines) is 1. The number of benzene rings is 1. The molecule has 2 amide bonds. The van der Waals surface area contributed by atoms with Crippen LogP contribution in [0.25, 0.3) is 0 Å². The Morgan fingerprint density at radius 1 is 1.04 bits per heavy atom. The third-order valence-electron chi connectivity index (χ3n) is 4.51. The first-order valence-electron chi connectivity index (χ1n) is 9.18. The molecule has 3 rings (SSSR count). The van der Waals surface area contributed by atoms with Gasteiger partial charge in [-0.2, -0.15) is 0 Å². The molecule has 1 aliphatic heterocycles. The predicted octanol–water partition coefficient (Wildman–Crippen LogP) is 3.61. The van der Waals surface area contributed by atoms with Crippen LogP contribution in [0, 0.1) is 0 Å². The fourth-order valence-corrected chi connectivity index (χ4v) is 3.75. The number of carbonyl (C=O) groups is 2. The van der Waals surface area contributed by atoms with Crippen LogP contribution in [0.1, 0.15) is 45.7 Å². The van der Waals surface area contributed by atoms with Crippen LogP contribution in [0.5, 0.6) is 0 Å². The van der Waals surface area contributed by atoms with E-state index >= 15 is 0 Å². The number of thiophene rings is 1. The number of hydrogen-bond acceptors (Lipinski definition) is 4. The highest BCUT2D eigenvalue weighted by Crippen LogP contribution is 2.15. The van der Waals surface area contributed by atoms with E-state index in [1.165, 1.54) is 43.7 Å². The second kappa shape index (κ2) is 9.50. The van der Waals surface area contributed by atoms with E-state index in [0.29, 0.717) is 22.7 Å². The van der Waals surface area contributed by atoms with Crippen LogP contribution in [0.3, 0.4) is 0 Å². The normalized spacial score (nSPS) is 14.8. The lowest BCUT2D eigenvalue weighted by molar-refractivity contribution is 0.0949. The Kier molecular flexibility index (Phi) is 6.80. The Morgan fingerprint density at radius 3 is 2.65 bits per heavy atom. The molecule has 138 valence electrons. The van der Waals surface area contributed by atoms with E-state index in [1.54, 1.807) is 30.3 Å². The number of hydrogen-bond donors (Lipinski definition) is 2. The van der Waals surface area contributed by atoms with Gasteiger partial charge in [-0.3, -0.25) is 9.59 Å². The highest BCUT2D eigenvalue weighted by molar-refractivity contribution is 7.12. The van der Waals surface area contributed by atoms with E-state index in [-0.39, 0.29) is 11.8 Å². The van der Waals surface area contributed by atoms with Crippen LogP contribution in [0.2, 0.25) is 0 Å². The van der Waals surface area contributed by atoms with E-state index < -0.39 is 0 Å². The van der Waals surface area contributed by atoms with E-state index in [9.17, 15) is 9.59 Å². The van der Waals surface area contributed by atoms with Gasteiger partial charge in [0.1, 0.15) is 0 Å². The summed E-state index contributed by atoms with van der Waals surface area (Å²) >= 11 is 1.39. The summed E-state index contributed by atoms with van der Waals surface area (Å²) in [7, 11) is 0. The van der Waals surface area contributed by atoms with Crippen molar-refractivity contribution < 1.29 is 9.59 Å². The lowest BCUT2D eigenvalue weighted by Gasteiger charge is -2.26. The van der Waals surface area contributed by atoms with Gasteiger partial charge < -0.3 is 15.5 Å². The zero-order valence-corrected chi connectivity index (χ0v) is 15.7. The van der Waals surface area contributed by atoms with Crippen molar-refractivity contribution in [2.45, 2.75) is 25.7 Å². The van der Waals surface area contributed by atoms with Crippen LogP contribution < -0.4 is 10.6 Å². The van der Waals surface area contributed by atoms with Crippen LogP contribution in [0.15, 0.2) is 41.8 Å². The number of amides is 2. The zero-order chi connectivity index (χ0) is 18.2. The maximum atomic E-state index is 12.3. The molecule has 0 radical (unpaired) electrons. The van der Waals surface area contributed by atoms with E-state index in [2.05, 4.69) is 15.5 Å². The van der Waals surface area contributed by atoms with Gasteiger partial charge in [-0.1, -0.05) is 18.6 Å². The molecule has 1 fully saturated rings. The third kappa shape index (κ3) is 5.41. The smallest absolute Gasteiger partial charge is 0.265 e. The quantitative estimate of drug-likeness (QED) is 0.731. The summed E-state index contributed by atoms with van der Waals surface area (Å²) in [4.78, 5) is 27.6. The van der Waals surface area contributed by atoms with Gasteiger partial charge in [0.25, 0.3) is 11.8 Å². The number of nitrogens with zero attached hydrogens (tertiary/aromatic N) is 1. The first-order chi connectivity index (χ1) is 12.7. The van der Waals surface area contributed by atoms with Crippen molar-refractivity contribution in [3.8, 4) is 0 Å². The second-order valence-corrected chi connectivity index (χ2v) is 7.47. The fraction of sp³-hybridized carbons (Fsp3) is 0.400. The van der Waals surface area contributed by atoms with Crippen molar-refractivity contribution in [2.75, 3.05) is 31.5 Å². The Hall–Kier alpha value is -2.18. The van der Waals surface area contributed by atoms with Crippen molar-refractivity contribution in [1.82, 2.24) is 10.2 Å². The molecular formula is C20H25N3O2S. The number of rotatable bonds is 7. The van der Waals surface area contributed by atoms with Crippen LogP contribution in [-0.2, 0) is 0 Å². The molecule has 0 atom stereocenters. The summed E-state index contributed by atoms with van der Waals surface area (Å²) in [5.74, 6) is -0.255. The first kappa shape index (κ1) is 18.6. The number of nitrogens with one attached hydrogen (secondary N) is 2. The maximum absolute atomic E-state index is 12.3. The average Bonchev–Trinajstić information content (AvgIpc) is 3.21. The fourth-order valence-electron chi connectivity index (χ4n) is 3.13. The van der Waals surface area contributed by atoms with Gasteiger partial charge in [0.05, 0.1) is 4.88 Å². The largest absolute Gasteiger partial charge is 0.352 e. The van der Waals surface area contributed by atoms with Crippen molar-refractivity contribution >= 4 is 28.8 Å². The lowest BCUT2D eigenvalue weighted by atomic mass is 10.1. The SMILES string of the molecule is O=C(NCCCN1CCCCC1)c1cccc(NC(=O)c2cccs2)c1. The minimum atomic E-state index is -0.154. The number of anilines is 1. The van der Waals surface area contributed by atoms with Gasteiger partial charge in [0.2, 0.25) is 0 Å². The monoisotopic (exact) mass is 371 g/mol. The summed E-state index contributed by atoms with van der Waals surface area (Å²) in [5, 5.41) is 7.67. The van der Waals surface area contributed by atoms with E-state index in [4.69, 9.17) is 0 Å². The molecule has 2 heterocycles. The summed E-state index contributed by atoms with van der Waals surface area (Å²) in [6.45, 7) is 4.07. The second-order valence-electron chi connectivity index (χ2n) is 6.52. The Labute approximate surface area is 158 Å². The van der Waals surface area contributed by atoms with Gasteiger partial charge >= 0.3 is 0 Å². The summed E-state index contributed by atoms with van der Waals surface area (Å²) < 4.78 is 0. The zero-order valence-electron chi connectivity index (χ0n) is 14.9. The predicted molar refractivity (Wildman–Crippen MR) is 106 cm³/mol. The molecular weight excluding hydrogens is 346 g/mol. The third-order valence-corrected chi connectivity index (χ3v) is 5.38. The number of carbonyl (C=O) groups excluding carboxylic acids is 2. The molecule has 2 N–H and O–H groups in total. The van der Waals surface area contributed by atoms with Crippen LogP contribution in [0.4, 0.5) is 5.69 Å². The highest BCUT2D eigenvalue weighted by atomic mass is 32.1. The average molecular weight is 372 g/mol. The van der Waals surface area contributed by atoms with Gasteiger partial charge in [-0.05, 0) is 68.5 Å². The molecule has 0 bridgehead atoms. The van der Waals surface area contributed by atoms with Gasteiger partial charge in [-0.15, -0.1) is 11.3 Å². The van der Waals surface area contributed by atoms with Gasteiger partial charge in [0, 0.05) is 17.8 Å². The van der Waals surface area contributed by atoms with E-state index in [1.807, 2.05) is 11.4 Å². The molecule has 0 aliphatic carbocycles. The molecule has 6 heteroatoms. The number of piperidine rings is 1. The molecule has 1 aromatic carbocycles. The van der Waals surface area contributed by atoms with E-state index in [0.717, 1.165) is 13.0 Å². The molecule has 0 spiro atoms. The lowest BCUT2D eigenvalue weighted by Crippen LogP contribution is -2.33. The van der Waals surface area contributed by atoms with Crippen LogP contribution in [-0.4, -0.2) is 42.9 Å². The van der Waals surface area contributed by atoms with Crippen molar-refractivity contribution in [3.63, 3.8) is 0 Å². The Balaban J connectivity index is 1.46. The Bertz CT molecular complexity index is 724. The van der Waals surface area contributed by atoms with Crippen LogP contribution >= 0.6 is 11.3 Å². The minimum absolute atomic E-state index is 0.101. The standard InChI is InChI=1S/C20H25N3O2S/c24-19(21-10-6-13-23-11-2-1-3-12-23)16-7-4-8-17(15-16)22-20(25)18-9-5-14-26-18/h4-5,7-9,14-15H,1-3,6,10-13H2,(H,21,24)(H,22,25). The summed E-state index contributed by atoms with van der Waals surface area (Å²) in [6, 6.07) is 10.7. The molecule has 0 unspecified atom stereocenters. The van der Waals surface area contributed by atoms with Crippen molar-refractivity contribution in [2.24, 2.45) is 0 Å². The Morgan fingerprint density at radius 2 is 1.88 bits per heavy atom. The van der Waals surface area contributed by atoms with Gasteiger partial charge in [0.15, 0.2) is 0 Å². The molecule has 1 saturated heterocycles. The molecule has 1 aromatic heterocycles. The van der Waals surface area contributed by atoms with Gasteiger partial charge in [-0.25, -0.2) is 0 Å². The molecule has 2 aromatic rings. The first-order valence-corrected chi connectivity index (χ1v) is 10.1. The highest BCUT2D eigenvalue weighted by Gasteiger charge is 2.11. The molecule has 0 saturated carbocycles. The van der Waals surface area contributed by atoms with Crippen molar-refractivity contribution in [3.05, 3.63) is 52.2 Å².